The zero-order valence-corrected chi connectivity index (χ0v) is 12.7. The summed E-state index contributed by atoms with van der Waals surface area (Å²) >= 11 is 0. The van der Waals surface area contributed by atoms with E-state index in [1.807, 2.05) is 12.1 Å². The van der Waals surface area contributed by atoms with Crippen LogP contribution in [0.3, 0.4) is 0 Å². The molecule has 0 atom stereocenters. The van der Waals surface area contributed by atoms with Gasteiger partial charge in [0.1, 0.15) is 0 Å². The molecule has 0 spiro atoms. The summed E-state index contributed by atoms with van der Waals surface area (Å²) in [4.78, 5) is 11.8. The lowest BCUT2D eigenvalue weighted by atomic mass is 10.1. The van der Waals surface area contributed by atoms with Gasteiger partial charge in [0.25, 0.3) is 0 Å². The van der Waals surface area contributed by atoms with Crippen molar-refractivity contribution >= 4 is 11.6 Å². The van der Waals surface area contributed by atoms with E-state index in [4.69, 9.17) is 5.73 Å². The second-order valence-electron chi connectivity index (χ2n) is 5.30. The van der Waals surface area contributed by atoms with E-state index in [9.17, 15) is 4.79 Å². The first-order valence-electron chi connectivity index (χ1n) is 7.85. The van der Waals surface area contributed by atoms with Gasteiger partial charge in [-0.3, -0.25) is 4.79 Å². The van der Waals surface area contributed by atoms with Gasteiger partial charge < -0.3 is 11.1 Å². The minimum atomic E-state index is 0.110. The molecule has 0 saturated heterocycles. The van der Waals surface area contributed by atoms with Gasteiger partial charge in [-0.25, -0.2) is 0 Å². The minimum absolute atomic E-state index is 0.110. The number of anilines is 1. The lowest BCUT2D eigenvalue weighted by molar-refractivity contribution is -0.116. The van der Waals surface area contributed by atoms with Gasteiger partial charge in [-0.05, 0) is 49.9 Å². The smallest absolute Gasteiger partial charge is 0.224 e. The largest absolute Gasteiger partial charge is 0.330 e. The highest BCUT2D eigenvalue weighted by Gasteiger charge is 2.02. The van der Waals surface area contributed by atoms with Crippen molar-refractivity contribution in [2.75, 3.05) is 11.9 Å². The predicted octanol–water partition coefficient (Wildman–Crippen LogP) is 3.88. The van der Waals surface area contributed by atoms with Gasteiger partial charge >= 0.3 is 0 Å². The Labute approximate surface area is 122 Å². The number of rotatable bonds is 10. The number of nitrogens with one attached hydrogen (secondary N) is 1. The molecule has 0 aliphatic heterocycles. The molecule has 0 aliphatic carbocycles. The summed E-state index contributed by atoms with van der Waals surface area (Å²) in [6.45, 7) is 2.94. The highest BCUT2D eigenvalue weighted by Crippen LogP contribution is 2.12. The molecule has 0 radical (unpaired) electrons. The van der Waals surface area contributed by atoms with Crippen molar-refractivity contribution < 1.29 is 4.79 Å². The summed E-state index contributed by atoms with van der Waals surface area (Å²) in [7, 11) is 0. The van der Waals surface area contributed by atoms with Gasteiger partial charge in [0.05, 0.1) is 0 Å². The van der Waals surface area contributed by atoms with E-state index in [0.717, 1.165) is 44.3 Å². The molecule has 3 N–H and O–H groups in total. The van der Waals surface area contributed by atoms with E-state index >= 15 is 0 Å². The van der Waals surface area contributed by atoms with Crippen molar-refractivity contribution in [2.24, 2.45) is 5.73 Å². The molecule has 3 nitrogen and oxygen atoms in total. The van der Waals surface area contributed by atoms with Crippen LogP contribution in [0.5, 0.6) is 0 Å². The Hall–Kier alpha value is -1.35. The minimum Gasteiger partial charge on any atom is -0.330 e. The molecule has 0 bridgehead atoms. The van der Waals surface area contributed by atoms with Crippen LogP contribution in [0, 0.1) is 0 Å². The van der Waals surface area contributed by atoms with Crippen molar-refractivity contribution in [1.82, 2.24) is 0 Å². The summed E-state index contributed by atoms with van der Waals surface area (Å²) in [5, 5.41) is 2.95. The summed E-state index contributed by atoms with van der Waals surface area (Å²) in [6, 6.07) is 8.20. The summed E-state index contributed by atoms with van der Waals surface area (Å²) in [6.07, 6.45) is 8.35. The van der Waals surface area contributed by atoms with Crippen molar-refractivity contribution in [3.8, 4) is 0 Å². The average Bonchev–Trinajstić information content (AvgIpc) is 2.46. The normalized spacial score (nSPS) is 10.5. The van der Waals surface area contributed by atoms with Crippen LogP contribution in [0.15, 0.2) is 24.3 Å². The van der Waals surface area contributed by atoms with Crippen molar-refractivity contribution in [1.29, 1.82) is 0 Å². The molecular weight excluding hydrogens is 248 g/mol. The Bertz CT molecular complexity index is 373. The third kappa shape index (κ3) is 7.29. The van der Waals surface area contributed by atoms with Crippen LogP contribution < -0.4 is 11.1 Å². The van der Waals surface area contributed by atoms with Gasteiger partial charge in [-0.2, -0.15) is 0 Å². The van der Waals surface area contributed by atoms with E-state index in [1.165, 1.54) is 18.4 Å². The predicted molar refractivity (Wildman–Crippen MR) is 85.8 cm³/mol. The Morgan fingerprint density at radius 1 is 1.05 bits per heavy atom. The third-order valence-electron chi connectivity index (χ3n) is 3.41. The zero-order valence-electron chi connectivity index (χ0n) is 12.7. The van der Waals surface area contributed by atoms with Crippen LogP contribution in [0.4, 0.5) is 5.69 Å². The molecule has 0 fully saturated rings. The van der Waals surface area contributed by atoms with Gasteiger partial charge in [-0.15, -0.1) is 0 Å². The monoisotopic (exact) mass is 276 g/mol. The number of unbranched alkanes of at least 4 members (excludes halogenated alkanes) is 4. The molecule has 1 aromatic rings. The number of benzene rings is 1. The molecule has 112 valence electrons. The van der Waals surface area contributed by atoms with E-state index in [2.05, 4.69) is 24.4 Å². The molecule has 0 unspecified atom stereocenters. The highest BCUT2D eigenvalue weighted by atomic mass is 16.1. The van der Waals surface area contributed by atoms with Gasteiger partial charge in [0.2, 0.25) is 5.91 Å². The highest BCUT2D eigenvalue weighted by molar-refractivity contribution is 5.90. The number of aryl methyl sites for hydroxylation is 1. The van der Waals surface area contributed by atoms with E-state index in [1.54, 1.807) is 0 Å². The molecule has 0 aromatic heterocycles. The zero-order chi connectivity index (χ0) is 14.6. The second-order valence-corrected chi connectivity index (χ2v) is 5.30. The van der Waals surface area contributed by atoms with Crippen LogP contribution in [-0.4, -0.2) is 12.5 Å². The number of amides is 1. The van der Waals surface area contributed by atoms with Gasteiger partial charge in [-0.1, -0.05) is 38.3 Å². The van der Waals surface area contributed by atoms with Crippen molar-refractivity contribution in [3.05, 3.63) is 29.8 Å². The fourth-order valence-electron chi connectivity index (χ4n) is 2.14. The Morgan fingerprint density at radius 2 is 1.75 bits per heavy atom. The van der Waals surface area contributed by atoms with Crippen LogP contribution in [0.25, 0.3) is 0 Å². The molecular formula is C17H28N2O. The lowest BCUT2D eigenvalue weighted by Gasteiger charge is -2.06. The second kappa shape index (κ2) is 10.4. The molecule has 20 heavy (non-hydrogen) atoms. The molecule has 1 amide bonds. The Balaban J connectivity index is 2.24. The van der Waals surface area contributed by atoms with E-state index in [-0.39, 0.29) is 5.91 Å². The van der Waals surface area contributed by atoms with Gasteiger partial charge in [0.15, 0.2) is 0 Å². The number of hydrogen-bond donors (Lipinski definition) is 2. The average molecular weight is 276 g/mol. The fraction of sp³-hybridized carbons (Fsp3) is 0.588. The molecule has 0 aliphatic rings. The summed E-state index contributed by atoms with van der Waals surface area (Å²) < 4.78 is 0. The fourth-order valence-corrected chi connectivity index (χ4v) is 2.14. The lowest BCUT2D eigenvalue weighted by Crippen LogP contribution is -2.11. The van der Waals surface area contributed by atoms with Crippen LogP contribution >= 0.6 is 0 Å². The third-order valence-corrected chi connectivity index (χ3v) is 3.41. The molecule has 0 saturated carbocycles. The van der Waals surface area contributed by atoms with Crippen LogP contribution in [0.2, 0.25) is 0 Å². The first kappa shape index (κ1) is 16.7. The standard InChI is InChI=1S/C17H28N2O/c1-2-3-8-15-10-12-16(13-11-15)19-17(20)9-6-4-5-7-14-18/h10-13H,2-9,14,18H2,1H3,(H,19,20). The number of hydrogen-bond acceptors (Lipinski definition) is 2. The Morgan fingerprint density at radius 3 is 2.40 bits per heavy atom. The molecule has 3 heteroatoms. The van der Waals surface area contributed by atoms with Gasteiger partial charge in [0, 0.05) is 12.1 Å². The van der Waals surface area contributed by atoms with Crippen LogP contribution in [0.1, 0.15) is 57.4 Å². The quantitative estimate of drug-likeness (QED) is 0.637. The van der Waals surface area contributed by atoms with Crippen molar-refractivity contribution in [2.45, 2.75) is 58.3 Å². The van der Waals surface area contributed by atoms with Crippen LogP contribution in [-0.2, 0) is 11.2 Å². The van der Waals surface area contributed by atoms with Crippen molar-refractivity contribution in [3.63, 3.8) is 0 Å². The first-order chi connectivity index (χ1) is 9.76. The number of nitrogens with two attached hydrogens (primary N) is 1. The molecule has 1 rings (SSSR count). The van der Waals surface area contributed by atoms with E-state index < -0.39 is 0 Å². The summed E-state index contributed by atoms with van der Waals surface area (Å²) in [5.74, 6) is 0.110. The number of carbonyl (C=O) groups excluding carboxylic acids is 1. The first-order valence-corrected chi connectivity index (χ1v) is 7.85. The summed E-state index contributed by atoms with van der Waals surface area (Å²) in [5.41, 5.74) is 7.68. The maximum Gasteiger partial charge on any atom is 0.224 e. The Kier molecular flexibility index (Phi) is 8.72. The topological polar surface area (TPSA) is 55.1 Å². The SMILES string of the molecule is CCCCc1ccc(NC(=O)CCCCCCN)cc1. The molecule has 1 aromatic carbocycles. The maximum atomic E-state index is 11.8. The number of carbonyl (C=O) groups is 1. The van der Waals surface area contributed by atoms with E-state index in [0.29, 0.717) is 6.42 Å². The molecule has 0 heterocycles. The maximum absolute atomic E-state index is 11.8.